The Balaban J connectivity index is 2.26. The van der Waals surface area contributed by atoms with Crippen molar-refractivity contribution in [1.82, 2.24) is 9.47 Å². The van der Waals surface area contributed by atoms with Gasteiger partial charge in [0, 0.05) is 44.5 Å². The number of aryl methyl sites for hydroxylation is 1. The lowest BCUT2D eigenvalue weighted by Crippen LogP contribution is -2.34. The number of benzene rings is 1. The molecule has 6 heteroatoms. The molecule has 0 aliphatic rings. The van der Waals surface area contributed by atoms with Crippen molar-refractivity contribution < 1.29 is 9.53 Å². The van der Waals surface area contributed by atoms with Crippen LogP contribution in [0.25, 0.3) is 0 Å². The van der Waals surface area contributed by atoms with Crippen LogP contribution in [-0.4, -0.2) is 35.6 Å². The molecular formula is C17H19ClN2O3. The molecule has 0 fully saturated rings. The highest BCUT2D eigenvalue weighted by Crippen LogP contribution is 2.18. The van der Waals surface area contributed by atoms with E-state index in [9.17, 15) is 9.59 Å². The Hall–Kier alpha value is -2.11. The minimum atomic E-state index is -0.169. The molecule has 1 aromatic heterocycles. The van der Waals surface area contributed by atoms with Gasteiger partial charge < -0.3 is 14.2 Å². The fraction of sp³-hybridized carbons (Fsp3) is 0.294. The van der Waals surface area contributed by atoms with Crippen molar-refractivity contribution in [2.45, 2.75) is 6.54 Å². The summed E-state index contributed by atoms with van der Waals surface area (Å²) in [6.07, 6.45) is 1.54. The molecule has 0 unspecified atom stereocenters. The highest BCUT2D eigenvalue weighted by atomic mass is 35.5. The number of rotatable bonds is 6. The minimum absolute atomic E-state index is 0.156. The van der Waals surface area contributed by atoms with Crippen LogP contribution in [0.1, 0.15) is 15.9 Å². The van der Waals surface area contributed by atoms with Crippen molar-refractivity contribution in [1.29, 1.82) is 0 Å². The first kappa shape index (κ1) is 17.2. The highest BCUT2D eigenvalue weighted by molar-refractivity contribution is 6.31. The number of carbonyl (C=O) groups excluding carboxylic acids is 1. The summed E-state index contributed by atoms with van der Waals surface area (Å²) in [5.41, 5.74) is 1.16. The van der Waals surface area contributed by atoms with E-state index >= 15 is 0 Å². The van der Waals surface area contributed by atoms with Crippen LogP contribution in [0, 0.1) is 0 Å². The summed E-state index contributed by atoms with van der Waals surface area (Å²) in [6, 6.07) is 10.3. The molecule has 1 aromatic carbocycles. The molecule has 0 saturated heterocycles. The summed E-state index contributed by atoms with van der Waals surface area (Å²) < 4.78 is 6.47. The normalized spacial score (nSPS) is 10.6. The van der Waals surface area contributed by atoms with E-state index in [1.165, 1.54) is 22.9 Å². The molecule has 0 N–H and O–H groups in total. The van der Waals surface area contributed by atoms with Crippen LogP contribution >= 0.6 is 11.6 Å². The minimum Gasteiger partial charge on any atom is -0.383 e. The van der Waals surface area contributed by atoms with Crippen molar-refractivity contribution in [3.8, 4) is 0 Å². The lowest BCUT2D eigenvalue weighted by atomic mass is 10.2. The van der Waals surface area contributed by atoms with Gasteiger partial charge in [-0.3, -0.25) is 9.59 Å². The zero-order valence-corrected chi connectivity index (χ0v) is 13.9. The second-order valence-electron chi connectivity index (χ2n) is 5.18. The van der Waals surface area contributed by atoms with Crippen molar-refractivity contribution >= 4 is 17.5 Å². The zero-order valence-electron chi connectivity index (χ0n) is 13.2. The highest BCUT2D eigenvalue weighted by Gasteiger charge is 2.17. The maximum atomic E-state index is 12.7. The van der Waals surface area contributed by atoms with Gasteiger partial charge in [0.15, 0.2) is 0 Å². The number of halogens is 1. The summed E-state index contributed by atoms with van der Waals surface area (Å²) in [7, 11) is 3.21. The molecule has 0 aliphatic carbocycles. The second-order valence-corrected chi connectivity index (χ2v) is 5.59. The van der Waals surface area contributed by atoms with E-state index in [2.05, 4.69) is 0 Å². The molecule has 0 spiro atoms. The number of amides is 1. The maximum absolute atomic E-state index is 12.7. The van der Waals surface area contributed by atoms with Gasteiger partial charge in [-0.15, -0.1) is 0 Å². The Morgan fingerprint density at radius 2 is 2.00 bits per heavy atom. The fourth-order valence-corrected chi connectivity index (χ4v) is 2.38. The molecule has 0 radical (unpaired) electrons. The maximum Gasteiger partial charge on any atom is 0.255 e. The van der Waals surface area contributed by atoms with Gasteiger partial charge >= 0.3 is 0 Å². The van der Waals surface area contributed by atoms with Gasteiger partial charge in [-0.25, -0.2) is 0 Å². The van der Waals surface area contributed by atoms with Crippen molar-refractivity contribution in [2.24, 2.45) is 7.05 Å². The molecule has 122 valence electrons. The van der Waals surface area contributed by atoms with Crippen LogP contribution in [0.5, 0.6) is 0 Å². The van der Waals surface area contributed by atoms with Crippen LogP contribution in [0.15, 0.2) is 47.4 Å². The number of carbonyl (C=O) groups is 1. The topological polar surface area (TPSA) is 51.5 Å². The lowest BCUT2D eigenvalue weighted by Gasteiger charge is -2.23. The Kier molecular flexibility index (Phi) is 5.96. The van der Waals surface area contributed by atoms with Gasteiger partial charge in [0.25, 0.3) is 5.91 Å². The van der Waals surface area contributed by atoms with Crippen LogP contribution in [0.2, 0.25) is 5.02 Å². The SMILES string of the molecule is COCCN(Cc1ccccc1Cl)C(=O)c1ccc(=O)n(C)c1. The first-order valence-corrected chi connectivity index (χ1v) is 7.59. The molecule has 0 saturated carbocycles. The summed E-state index contributed by atoms with van der Waals surface area (Å²) in [6.45, 7) is 1.23. The number of aromatic nitrogens is 1. The second kappa shape index (κ2) is 7.94. The van der Waals surface area contributed by atoms with E-state index in [1.807, 2.05) is 18.2 Å². The van der Waals surface area contributed by atoms with Gasteiger partial charge in [-0.2, -0.15) is 0 Å². The average Bonchev–Trinajstić information content (AvgIpc) is 2.55. The number of nitrogens with zero attached hydrogens (tertiary/aromatic N) is 2. The van der Waals surface area contributed by atoms with Crippen LogP contribution in [0.4, 0.5) is 0 Å². The third-order valence-electron chi connectivity index (χ3n) is 3.50. The summed E-state index contributed by atoms with van der Waals surface area (Å²) in [4.78, 5) is 25.9. The first-order valence-electron chi connectivity index (χ1n) is 7.21. The quantitative estimate of drug-likeness (QED) is 0.814. The van der Waals surface area contributed by atoms with Crippen molar-refractivity contribution in [3.05, 3.63) is 69.1 Å². The van der Waals surface area contributed by atoms with Gasteiger partial charge in [-0.1, -0.05) is 29.8 Å². The van der Waals surface area contributed by atoms with Crippen molar-refractivity contribution in [2.75, 3.05) is 20.3 Å². The van der Waals surface area contributed by atoms with Crippen LogP contribution in [-0.2, 0) is 18.3 Å². The van der Waals surface area contributed by atoms with Gasteiger partial charge in [0.1, 0.15) is 0 Å². The van der Waals surface area contributed by atoms with Gasteiger partial charge in [0.2, 0.25) is 5.56 Å². The van der Waals surface area contributed by atoms with Gasteiger partial charge in [-0.05, 0) is 17.7 Å². The third kappa shape index (κ3) is 4.43. The standard InChI is InChI=1S/C17H19ClN2O3/c1-19-11-14(7-8-16(19)21)17(22)20(9-10-23-2)12-13-5-3-4-6-15(13)18/h3-8,11H,9-10,12H2,1-2H3. The Bertz CT molecular complexity index is 743. The number of hydrogen-bond acceptors (Lipinski definition) is 3. The van der Waals surface area contributed by atoms with Crippen LogP contribution in [0.3, 0.4) is 0 Å². The molecular weight excluding hydrogens is 316 g/mol. The summed E-state index contributed by atoms with van der Waals surface area (Å²) in [5, 5.41) is 0.614. The summed E-state index contributed by atoms with van der Waals surface area (Å²) in [5.74, 6) is -0.169. The third-order valence-corrected chi connectivity index (χ3v) is 3.87. The zero-order chi connectivity index (χ0) is 16.8. The molecule has 23 heavy (non-hydrogen) atoms. The van der Waals surface area contributed by atoms with E-state index in [1.54, 1.807) is 25.1 Å². The molecule has 2 aromatic rings. The summed E-state index contributed by atoms with van der Waals surface area (Å²) >= 11 is 6.18. The molecule has 1 heterocycles. The Morgan fingerprint density at radius 3 is 2.65 bits per heavy atom. The number of methoxy groups -OCH3 is 1. The number of ether oxygens (including phenoxy) is 1. The van der Waals surface area contributed by atoms with E-state index < -0.39 is 0 Å². The van der Waals surface area contributed by atoms with Crippen molar-refractivity contribution in [3.63, 3.8) is 0 Å². The largest absolute Gasteiger partial charge is 0.383 e. The molecule has 0 aliphatic heterocycles. The monoisotopic (exact) mass is 334 g/mol. The molecule has 0 atom stereocenters. The molecule has 5 nitrogen and oxygen atoms in total. The molecule has 2 rings (SSSR count). The Labute approximate surface area is 140 Å². The van der Waals surface area contributed by atoms with Gasteiger partial charge in [0.05, 0.1) is 12.2 Å². The smallest absolute Gasteiger partial charge is 0.255 e. The van der Waals surface area contributed by atoms with E-state index in [-0.39, 0.29) is 11.5 Å². The molecule has 0 bridgehead atoms. The van der Waals surface area contributed by atoms with E-state index in [0.29, 0.717) is 30.3 Å². The van der Waals surface area contributed by atoms with E-state index in [4.69, 9.17) is 16.3 Å². The predicted molar refractivity (Wildman–Crippen MR) is 89.8 cm³/mol. The van der Waals surface area contributed by atoms with Crippen LogP contribution < -0.4 is 5.56 Å². The average molecular weight is 335 g/mol. The Morgan fingerprint density at radius 1 is 1.26 bits per heavy atom. The number of pyridine rings is 1. The lowest BCUT2D eigenvalue weighted by molar-refractivity contribution is 0.0679. The first-order chi connectivity index (χ1) is 11.0. The predicted octanol–water partition coefficient (Wildman–Crippen LogP) is 2.33. The fourth-order valence-electron chi connectivity index (χ4n) is 2.19. The number of hydrogen-bond donors (Lipinski definition) is 0. The molecule has 1 amide bonds. The van der Waals surface area contributed by atoms with E-state index in [0.717, 1.165) is 5.56 Å².